The van der Waals surface area contributed by atoms with Gasteiger partial charge in [0.25, 0.3) is 11.8 Å². The van der Waals surface area contributed by atoms with Gasteiger partial charge in [0.2, 0.25) is 0 Å². The van der Waals surface area contributed by atoms with Gasteiger partial charge in [-0.05, 0) is 70.7 Å². The van der Waals surface area contributed by atoms with Gasteiger partial charge in [0, 0.05) is 22.0 Å². The van der Waals surface area contributed by atoms with Crippen molar-refractivity contribution in [1.29, 1.82) is 0 Å². The minimum absolute atomic E-state index is 0.000969. The Morgan fingerprint density at radius 1 is 1.26 bits per heavy atom. The highest BCUT2D eigenvalue weighted by Gasteiger charge is 2.77. The summed E-state index contributed by atoms with van der Waals surface area (Å²) >= 11 is 5.92. The number of nitrogens with one attached hydrogen (secondary N) is 1. The Labute approximate surface area is 205 Å². The summed E-state index contributed by atoms with van der Waals surface area (Å²) in [5.74, 6) is -2.99. The van der Waals surface area contributed by atoms with Gasteiger partial charge < -0.3 is 15.5 Å². The molecule has 35 heavy (non-hydrogen) atoms. The van der Waals surface area contributed by atoms with Gasteiger partial charge in [-0.25, -0.2) is 13.8 Å². The van der Waals surface area contributed by atoms with E-state index in [1.807, 2.05) is 19.9 Å². The van der Waals surface area contributed by atoms with E-state index < -0.39 is 28.7 Å². The number of fused-ring (bicyclic) bond motifs is 1. The van der Waals surface area contributed by atoms with E-state index in [4.69, 9.17) is 21.8 Å². The zero-order chi connectivity index (χ0) is 25.5. The van der Waals surface area contributed by atoms with E-state index >= 15 is 0 Å². The van der Waals surface area contributed by atoms with Crippen molar-refractivity contribution in [1.82, 2.24) is 4.98 Å². The molecule has 3 N–H and O–H groups in total. The number of primary amides is 1. The highest BCUT2D eigenvalue weighted by Crippen LogP contribution is 2.78. The highest BCUT2D eigenvalue weighted by molar-refractivity contribution is 6.29. The molecule has 2 bridgehead atoms. The van der Waals surface area contributed by atoms with E-state index in [0.29, 0.717) is 52.8 Å². The van der Waals surface area contributed by atoms with Gasteiger partial charge >= 0.3 is 0 Å². The van der Waals surface area contributed by atoms with Gasteiger partial charge in [0.1, 0.15) is 16.5 Å². The lowest BCUT2D eigenvalue weighted by Gasteiger charge is -2.71. The van der Waals surface area contributed by atoms with Crippen molar-refractivity contribution >= 4 is 34.2 Å². The van der Waals surface area contributed by atoms with E-state index in [1.54, 1.807) is 25.1 Å². The van der Waals surface area contributed by atoms with Crippen LogP contribution in [0.4, 0.5) is 14.5 Å². The van der Waals surface area contributed by atoms with Gasteiger partial charge in [-0.15, -0.1) is 0 Å². The van der Waals surface area contributed by atoms with Crippen LogP contribution < -0.4 is 16.5 Å². The first-order chi connectivity index (χ1) is 16.3. The molecule has 1 atom stereocenters. The normalized spacial score (nSPS) is 24.0. The van der Waals surface area contributed by atoms with Gasteiger partial charge in [0.15, 0.2) is 11.1 Å². The monoisotopic (exact) mass is 501 g/mol. The third-order valence-corrected chi connectivity index (χ3v) is 7.98. The number of hydrogen-bond acceptors (Lipinski definition) is 5. The zero-order valence-electron chi connectivity index (χ0n) is 19.9. The number of benzene rings is 1. The average Bonchev–Trinajstić information content (AvgIpc) is 2.69. The second-order valence-electron chi connectivity index (χ2n) is 10.4. The van der Waals surface area contributed by atoms with Crippen LogP contribution in [0.25, 0.3) is 11.0 Å². The lowest BCUT2D eigenvalue weighted by atomic mass is 9.32. The Bertz CT molecular complexity index is 1440. The van der Waals surface area contributed by atoms with Gasteiger partial charge in [-0.1, -0.05) is 17.7 Å². The lowest BCUT2D eigenvalue weighted by molar-refractivity contribution is -0.277. The molecule has 6 nitrogen and oxygen atoms in total. The standard InChI is InChI=1S/C26H26ClF2N3O3/c1-12-7-15(14(3)31-17-5-6-18(27)32-19(17)23(30)34)21-16(8-12)20(33)13(2)22(35-21)25-9-26(10-25,11-25)24(4,28)29/h5-8,14,31H,9-11H2,1-4H3,(H2,30,34)/t14-,25?,26?/m1/s1. The predicted octanol–water partition coefficient (Wildman–Crippen LogP) is 5.81. The number of amides is 1. The number of halogens is 3. The van der Waals surface area contributed by atoms with E-state index in [0.717, 1.165) is 12.5 Å². The molecule has 9 heteroatoms. The summed E-state index contributed by atoms with van der Waals surface area (Å²) in [5, 5.41) is 3.80. The molecule has 6 rings (SSSR count). The molecule has 3 saturated carbocycles. The number of pyridine rings is 1. The molecule has 0 unspecified atom stereocenters. The third-order valence-electron chi connectivity index (χ3n) is 7.77. The molecule has 3 aliphatic carbocycles. The molecule has 2 heterocycles. The molecule has 0 aliphatic heterocycles. The van der Waals surface area contributed by atoms with Crippen molar-refractivity contribution in [2.75, 3.05) is 5.32 Å². The maximum absolute atomic E-state index is 14.1. The average molecular weight is 502 g/mol. The van der Waals surface area contributed by atoms with Crippen molar-refractivity contribution in [2.45, 2.75) is 64.3 Å². The highest BCUT2D eigenvalue weighted by atomic mass is 35.5. The molecule has 3 aromatic rings. The number of aryl methyl sites for hydroxylation is 1. The Morgan fingerprint density at radius 3 is 2.51 bits per heavy atom. The first kappa shape index (κ1) is 23.7. The minimum atomic E-state index is -2.76. The number of anilines is 1. The molecule has 0 spiro atoms. The number of alkyl halides is 2. The quantitative estimate of drug-likeness (QED) is 0.415. The fourth-order valence-corrected chi connectivity index (χ4v) is 6.09. The van der Waals surface area contributed by atoms with Crippen LogP contribution in [0.3, 0.4) is 0 Å². The second kappa shape index (κ2) is 7.50. The molecular weight excluding hydrogens is 476 g/mol. The maximum Gasteiger partial charge on any atom is 0.269 e. The van der Waals surface area contributed by atoms with Gasteiger partial charge in [-0.2, -0.15) is 0 Å². The summed E-state index contributed by atoms with van der Waals surface area (Å²) in [5.41, 5.74) is 6.63. The van der Waals surface area contributed by atoms with Crippen molar-refractivity contribution in [2.24, 2.45) is 11.1 Å². The summed E-state index contributed by atoms with van der Waals surface area (Å²) < 4.78 is 34.6. The van der Waals surface area contributed by atoms with E-state index in [1.165, 1.54) is 0 Å². The molecule has 3 fully saturated rings. The van der Waals surface area contributed by atoms with Crippen LogP contribution in [0.2, 0.25) is 5.15 Å². The van der Waals surface area contributed by atoms with Crippen molar-refractivity contribution in [3.8, 4) is 0 Å². The van der Waals surface area contributed by atoms with E-state index in [-0.39, 0.29) is 16.3 Å². The topological polar surface area (TPSA) is 98.2 Å². The molecule has 1 aromatic carbocycles. The number of hydrogen-bond donors (Lipinski definition) is 2. The maximum atomic E-state index is 14.1. The van der Waals surface area contributed by atoms with Crippen LogP contribution in [0, 0.1) is 19.3 Å². The van der Waals surface area contributed by atoms with Crippen LogP contribution in [0.15, 0.2) is 33.5 Å². The van der Waals surface area contributed by atoms with Crippen LogP contribution in [0.5, 0.6) is 0 Å². The third kappa shape index (κ3) is 3.44. The molecule has 1 amide bonds. The minimum Gasteiger partial charge on any atom is -0.460 e. The SMILES string of the molecule is Cc1cc([C@@H](C)Nc2ccc(Cl)nc2C(N)=O)c2oc(C34CC(C(C)(F)F)(C3)C4)c(C)c(=O)c2c1. The van der Waals surface area contributed by atoms with Crippen molar-refractivity contribution in [3.63, 3.8) is 0 Å². The molecule has 2 aromatic heterocycles. The summed E-state index contributed by atoms with van der Waals surface area (Å²) in [4.78, 5) is 29.3. The van der Waals surface area contributed by atoms with Gasteiger partial charge in [-0.3, -0.25) is 9.59 Å². The van der Waals surface area contributed by atoms with E-state index in [2.05, 4.69) is 10.3 Å². The largest absolute Gasteiger partial charge is 0.460 e. The Morgan fingerprint density at radius 2 is 1.91 bits per heavy atom. The Kier molecular flexibility index (Phi) is 5.08. The Balaban J connectivity index is 1.59. The fourth-order valence-electron chi connectivity index (χ4n) is 5.94. The number of carbonyl (C=O) groups is 1. The van der Waals surface area contributed by atoms with Crippen LogP contribution in [-0.2, 0) is 5.41 Å². The predicted molar refractivity (Wildman–Crippen MR) is 130 cm³/mol. The van der Waals surface area contributed by atoms with Crippen molar-refractivity contribution < 1.29 is 18.0 Å². The van der Waals surface area contributed by atoms with Crippen molar-refractivity contribution in [3.05, 3.63) is 67.8 Å². The number of aromatic nitrogens is 1. The number of nitrogens with zero attached hydrogens (tertiary/aromatic N) is 1. The molecule has 184 valence electrons. The molecule has 0 saturated heterocycles. The number of rotatable bonds is 6. The molecular formula is C26H26ClF2N3O3. The summed E-state index contributed by atoms with van der Waals surface area (Å²) in [6.45, 7) is 6.42. The van der Waals surface area contributed by atoms with Crippen LogP contribution in [0.1, 0.15) is 72.1 Å². The zero-order valence-corrected chi connectivity index (χ0v) is 20.6. The Hall–Kier alpha value is -3.00. The number of carbonyl (C=O) groups excluding carboxylic acids is 1. The van der Waals surface area contributed by atoms with Crippen LogP contribution >= 0.6 is 11.6 Å². The molecule has 0 radical (unpaired) electrons. The smallest absolute Gasteiger partial charge is 0.269 e. The van der Waals surface area contributed by atoms with Gasteiger partial charge in [0.05, 0.1) is 17.1 Å². The number of nitrogens with two attached hydrogens (primary N) is 1. The lowest BCUT2D eigenvalue weighted by Crippen LogP contribution is -2.71. The first-order valence-electron chi connectivity index (χ1n) is 11.5. The summed E-state index contributed by atoms with van der Waals surface area (Å²) in [7, 11) is 0. The molecule has 3 aliphatic rings. The second-order valence-corrected chi connectivity index (χ2v) is 10.7. The van der Waals surface area contributed by atoms with Crippen LogP contribution in [-0.4, -0.2) is 16.8 Å². The summed E-state index contributed by atoms with van der Waals surface area (Å²) in [6.07, 6.45) is 0.935. The summed E-state index contributed by atoms with van der Waals surface area (Å²) in [6, 6.07) is 6.43. The first-order valence-corrected chi connectivity index (χ1v) is 11.8. The van der Waals surface area contributed by atoms with E-state index in [9.17, 15) is 18.4 Å². The fraction of sp³-hybridized carbons (Fsp3) is 0.423.